The zero-order chi connectivity index (χ0) is 19.4. The summed E-state index contributed by atoms with van der Waals surface area (Å²) in [4.78, 5) is 40.6. The van der Waals surface area contributed by atoms with Gasteiger partial charge in [0.25, 0.3) is 5.91 Å². The molecule has 1 fully saturated rings. The van der Waals surface area contributed by atoms with Crippen molar-refractivity contribution in [3.8, 4) is 0 Å². The maximum absolute atomic E-state index is 12.5. The Morgan fingerprint density at radius 1 is 1.22 bits per heavy atom. The Labute approximate surface area is 159 Å². The van der Waals surface area contributed by atoms with Gasteiger partial charge in [0.05, 0.1) is 12.1 Å². The zero-order valence-corrected chi connectivity index (χ0v) is 15.9. The van der Waals surface area contributed by atoms with E-state index in [4.69, 9.17) is 0 Å². The number of likely N-dealkylation sites (tertiary alicyclic amines) is 1. The molecule has 8 nitrogen and oxygen atoms in total. The van der Waals surface area contributed by atoms with Crippen LogP contribution in [0.15, 0.2) is 24.3 Å². The highest BCUT2D eigenvalue weighted by Crippen LogP contribution is 2.31. The Morgan fingerprint density at radius 3 is 2.78 bits per heavy atom. The summed E-state index contributed by atoms with van der Waals surface area (Å²) < 4.78 is 0. The number of anilines is 1. The second-order valence-corrected chi connectivity index (χ2v) is 7.43. The van der Waals surface area contributed by atoms with Crippen molar-refractivity contribution in [2.24, 2.45) is 0 Å². The van der Waals surface area contributed by atoms with E-state index in [1.807, 2.05) is 37.2 Å². The maximum Gasteiger partial charge on any atom is 0.255 e. The van der Waals surface area contributed by atoms with E-state index in [0.717, 1.165) is 12.2 Å². The highest BCUT2D eigenvalue weighted by atomic mass is 16.2. The third-order valence-corrected chi connectivity index (χ3v) is 5.04. The van der Waals surface area contributed by atoms with Crippen molar-refractivity contribution in [2.45, 2.75) is 24.9 Å². The fourth-order valence-electron chi connectivity index (χ4n) is 3.48. The minimum absolute atomic E-state index is 0.0485. The number of fused-ring (bicyclic) bond motifs is 1. The first-order chi connectivity index (χ1) is 12.9. The highest BCUT2D eigenvalue weighted by molar-refractivity contribution is 6.02. The average molecular weight is 373 g/mol. The number of para-hydroxylation sites is 1. The van der Waals surface area contributed by atoms with Gasteiger partial charge < -0.3 is 25.8 Å². The Kier molecular flexibility index (Phi) is 5.65. The lowest BCUT2D eigenvalue weighted by Gasteiger charge is -2.39. The van der Waals surface area contributed by atoms with Crippen LogP contribution < -0.4 is 16.0 Å². The van der Waals surface area contributed by atoms with Crippen LogP contribution in [0.4, 0.5) is 5.69 Å². The molecule has 1 atom stereocenters. The van der Waals surface area contributed by atoms with Gasteiger partial charge in [-0.1, -0.05) is 12.1 Å². The number of nitrogens with zero attached hydrogens (tertiary/aromatic N) is 2. The van der Waals surface area contributed by atoms with E-state index in [1.165, 1.54) is 0 Å². The van der Waals surface area contributed by atoms with Crippen molar-refractivity contribution in [3.63, 3.8) is 0 Å². The Hall–Kier alpha value is -2.61. The van der Waals surface area contributed by atoms with Crippen LogP contribution in [0.3, 0.4) is 0 Å². The minimum Gasteiger partial charge on any atom is -0.362 e. The topological polar surface area (TPSA) is 93.8 Å². The van der Waals surface area contributed by atoms with Gasteiger partial charge in [0.1, 0.15) is 5.66 Å². The van der Waals surface area contributed by atoms with E-state index in [1.54, 1.807) is 11.0 Å². The number of benzene rings is 1. The molecule has 0 aliphatic carbocycles. The summed E-state index contributed by atoms with van der Waals surface area (Å²) in [5.41, 5.74) is 0.733. The molecule has 1 unspecified atom stereocenters. The van der Waals surface area contributed by atoms with Crippen LogP contribution in [-0.2, 0) is 9.59 Å². The number of nitrogens with one attached hydrogen (secondary N) is 3. The first-order valence-electron chi connectivity index (χ1n) is 9.27. The molecule has 0 aromatic heterocycles. The second-order valence-electron chi connectivity index (χ2n) is 7.43. The lowest BCUT2D eigenvalue weighted by Crippen LogP contribution is -2.58. The van der Waals surface area contributed by atoms with Crippen LogP contribution >= 0.6 is 0 Å². The molecule has 1 aromatic rings. The van der Waals surface area contributed by atoms with Gasteiger partial charge in [0, 0.05) is 38.2 Å². The van der Waals surface area contributed by atoms with Crippen LogP contribution in [0, 0.1) is 0 Å². The van der Waals surface area contributed by atoms with Crippen molar-refractivity contribution in [2.75, 3.05) is 45.6 Å². The molecule has 3 rings (SSSR count). The van der Waals surface area contributed by atoms with E-state index >= 15 is 0 Å². The largest absolute Gasteiger partial charge is 0.362 e. The summed E-state index contributed by atoms with van der Waals surface area (Å²) in [6.45, 7) is 1.76. The zero-order valence-electron chi connectivity index (χ0n) is 15.9. The molecule has 1 spiro atoms. The lowest BCUT2D eigenvalue weighted by atomic mass is 9.95. The Bertz CT molecular complexity index is 736. The van der Waals surface area contributed by atoms with Gasteiger partial charge in [-0.25, -0.2) is 0 Å². The normalized spacial score (nSPS) is 22.1. The van der Waals surface area contributed by atoms with Crippen LogP contribution in [0.1, 0.15) is 29.6 Å². The second kappa shape index (κ2) is 7.96. The summed E-state index contributed by atoms with van der Waals surface area (Å²) >= 11 is 0. The van der Waals surface area contributed by atoms with Crippen molar-refractivity contribution in [3.05, 3.63) is 29.8 Å². The monoisotopic (exact) mass is 373 g/mol. The first kappa shape index (κ1) is 19.2. The smallest absolute Gasteiger partial charge is 0.255 e. The Balaban J connectivity index is 1.62. The Morgan fingerprint density at radius 2 is 2.00 bits per heavy atom. The number of hydrogen-bond donors (Lipinski definition) is 3. The van der Waals surface area contributed by atoms with Gasteiger partial charge in [-0.15, -0.1) is 0 Å². The number of amides is 3. The van der Waals surface area contributed by atoms with Gasteiger partial charge in [-0.3, -0.25) is 14.4 Å². The number of carbonyl (C=O) groups excluding carboxylic acids is 3. The molecule has 2 aliphatic heterocycles. The first-order valence-corrected chi connectivity index (χ1v) is 9.27. The molecule has 8 heteroatoms. The number of likely N-dealkylation sites (N-methyl/N-ethyl adjacent to an activating group) is 1. The molecule has 3 N–H and O–H groups in total. The third kappa shape index (κ3) is 4.57. The molecule has 3 amide bonds. The summed E-state index contributed by atoms with van der Waals surface area (Å²) in [6, 6.07) is 7.35. The number of rotatable bonds is 5. The molecular weight excluding hydrogens is 346 g/mol. The van der Waals surface area contributed by atoms with E-state index in [9.17, 15) is 14.4 Å². The van der Waals surface area contributed by atoms with Crippen LogP contribution in [-0.4, -0.2) is 73.5 Å². The van der Waals surface area contributed by atoms with Gasteiger partial charge in [-0.05, 0) is 32.6 Å². The fraction of sp³-hybridized carbons (Fsp3) is 0.526. The molecular formula is C19H27N5O3. The molecule has 0 bridgehead atoms. The van der Waals surface area contributed by atoms with E-state index in [0.29, 0.717) is 31.5 Å². The molecule has 2 heterocycles. The standard InChI is InChI=1S/C19H27N5O3/c1-23(2)12-10-20-16(25)13-24-11-9-19(8-7-17(24)26)21-15-6-4-3-5-14(15)18(27)22-19/h3-6,21H,7-13H2,1-2H3,(H,20,25)(H,22,27). The van der Waals surface area contributed by atoms with Crippen LogP contribution in [0.5, 0.6) is 0 Å². The van der Waals surface area contributed by atoms with Gasteiger partial charge >= 0.3 is 0 Å². The quantitative estimate of drug-likeness (QED) is 0.687. The van der Waals surface area contributed by atoms with E-state index in [2.05, 4.69) is 16.0 Å². The van der Waals surface area contributed by atoms with E-state index < -0.39 is 5.66 Å². The predicted octanol–water partition coefficient (Wildman–Crippen LogP) is 0.229. The minimum atomic E-state index is -0.656. The summed E-state index contributed by atoms with van der Waals surface area (Å²) in [7, 11) is 3.88. The van der Waals surface area contributed by atoms with Crippen molar-refractivity contribution < 1.29 is 14.4 Å². The van der Waals surface area contributed by atoms with Gasteiger partial charge in [0.15, 0.2) is 0 Å². The lowest BCUT2D eigenvalue weighted by molar-refractivity contribution is -0.135. The molecule has 2 aliphatic rings. The maximum atomic E-state index is 12.5. The van der Waals surface area contributed by atoms with E-state index in [-0.39, 0.29) is 30.7 Å². The molecule has 27 heavy (non-hydrogen) atoms. The van der Waals surface area contributed by atoms with Crippen molar-refractivity contribution in [1.82, 2.24) is 20.4 Å². The predicted molar refractivity (Wildman–Crippen MR) is 102 cm³/mol. The highest BCUT2D eigenvalue weighted by Gasteiger charge is 2.40. The van der Waals surface area contributed by atoms with Gasteiger partial charge in [0.2, 0.25) is 11.8 Å². The molecule has 1 saturated heterocycles. The van der Waals surface area contributed by atoms with Crippen LogP contribution in [0.2, 0.25) is 0 Å². The SMILES string of the molecule is CN(C)CCNC(=O)CN1CCC2(CCC1=O)NC(=O)c1ccccc1N2. The molecule has 0 saturated carbocycles. The molecule has 1 aromatic carbocycles. The number of carbonyl (C=O) groups is 3. The van der Waals surface area contributed by atoms with Crippen LogP contribution in [0.25, 0.3) is 0 Å². The van der Waals surface area contributed by atoms with Crippen molar-refractivity contribution >= 4 is 23.4 Å². The summed E-state index contributed by atoms with van der Waals surface area (Å²) in [5.74, 6) is -0.358. The van der Waals surface area contributed by atoms with Gasteiger partial charge in [-0.2, -0.15) is 0 Å². The summed E-state index contributed by atoms with van der Waals surface area (Å²) in [6.07, 6.45) is 1.31. The average Bonchev–Trinajstić information content (AvgIpc) is 2.76. The third-order valence-electron chi connectivity index (χ3n) is 5.04. The molecule has 0 radical (unpaired) electrons. The van der Waals surface area contributed by atoms with Crippen molar-refractivity contribution in [1.29, 1.82) is 0 Å². The molecule has 146 valence electrons. The number of hydrogen-bond acceptors (Lipinski definition) is 5. The summed E-state index contributed by atoms with van der Waals surface area (Å²) in [5, 5.41) is 9.27. The fourth-order valence-corrected chi connectivity index (χ4v) is 3.48.